The Morgan fingerprint density at radius 3 is 2.69 bits per heavy atom. The number of methoxy groups -OCH3 is 1. The largest absolute Gasteiger partial charge is 0.497 e. The van der Waals surface area contributed by atoms with Crippen LogP contribution in [0.5, 0.6) is 5.75 Å². The molecule has 0 radical (unpaired) electrons. The average molecular weight is 491 g/mol. The number of rotatable bonds is 10. The number of hydrogen-bond donors (Lipinski definition) is 1. The summed E-state index contributed by atoms with van der Waals surface area (Å²) in [5.41, 5.74) is 3.67. The van der Waals surface area contributed by atoms with Crippen molar-refractivity contribution in [2.75, 3.05) is 23.9 Å². The Morgan fingerprint density at radius 2 is 1.94 bits per heavy atom. The van der Waals surface area contributed by atoms with Crippen LogP contribution in [-0.2, 0) is 17.8 Å². The fourth-order valence-corrected chi connectivity index (χ4v) is 3.89. The van der Waals surface area contributed by atoms with Crippen LogP contribution < -0.4 is 15.0 Å². The Hall–Kier alpha value is -3.97. The molecule has 0 aliphatic carbocycles. The van der Waals surface area contributed by atoms with Crippen LogP contribution in [0.3, 0.4) is 0 Å². The number of hydrogen-bond acceptors (Lipinski definition) is 5. The number of nitrogens with one attached hydrogen (secondary N) is 1. The van der Waals surface area contributed by atoms with Gasteiger partial charge in [-0.2, -0.15) is 0 Å². The Morgan fingerprint density at radius 1 is 1.09 bits per heavy atom. The number of carbonyl (C=O) groups excluding carboxylic acids is 1. The lowest BCUT2D eigenvalue weighted by Gasteiger charge is -2.22. The second kappa shape index (κ2) is 11.4. The number of amides is 1. The van der Waals surface area contributed by atoms with E-state index in [1.165, 1.54) is 12.1 Å². The highest BCUT2D eigenvalue weighted by Gasteiger charge is 2.16. The lowest BCUT2D eigenvalue weighted by molar-refractivity contribution is -0.107. The second-order valence-corrected chi connectivity index (χ2v) is 8.22. The van der Waals surface area contributed by atoms with Gasteiger partial charge in [0.15, 0.2) is 5.82 Å². The normalized spacial score (nSPS) is 10.6. The average Bonchev–Trinajstić information content (AvgIpc) is 2.88. The molecule has 2 aromatic heterocycles. The molecule has 6 nitrogen and oxygen atoms in total. The Labute approximate surface area is 208 Å². The van der Waals surface area contributed by atoms with Gasteiger partial charge in [0.25, 0.3) is 0 Å². The number of aromatic nitrogens is 2. The lowest BCUT2D eigenvalue weighted by Crippen LogP contribution is -2.23. The molecule has 0 bridgehead atoms. The molecule has 0 saturated carbocycles. The predicted molar refractivity (Wildman–Crippen MR) is 136 cm³/mol. The number of benzene rings is 2. The number of anilines is 2. The van der Waals surface area contributed by atoms with Crippen LogP contribution in [0.1, 0.15) is 11.1 Å². The molecule has 0 aliphatic heterocycles. The van der Waals surface area contributed by atoms with Crippen molar-refractivity contribution in [1.29, 1.82) is 0 Å². The first-order valence-electron chi connectivity index (χ1n) is 11.0. The minimum absolute atomic E-state index is 0.278. The summed E-state index contributed by atoms with van der Waals surface area (Å²) >= 11 is 6.45. The topological polar surface area (TPSA) is 67.3 Å². The molecule has 4 rings (SSSR count). The third-order valence-electron chi connectivity index (χ3n) is 5.43. The van der Waals surface area contributed by atoms with Crippen molar-refractivity contribution < 1.29 is 13.9 Å². The van der Waals surface area contributed by atoms with E-state index in [0.717, 1.165) is 17.5 Å². The maximum absolute atomic E-state index is 13.6. The second-order valence-electron chi connectivity index (χ2n) is 7.81. The Kier molecular flexibility index (Phi) is 7.90. The standard InChI is InChI=1S/C27H24ClFN4O2/c1-35-22-7-8-24(28)23(15-22)25-9-10-26(33(18-34)17-20-5-3-12-30-16-20)27(32-25)31-13-11-19-4-2-6-21(29)14-19/h2-10,12,14-16,18H,11,13,17H2,1H3,(H,31,32). The molecule has 1 amide bonds. The molecule has 2 heterocycles. The molecule has 0 aliphatic rings. The fraction of sp³-hybridized carbons (Fsp3) is 0.148. The van der Waals surface area contributed by atoms with E-state index in [1.54, 1.807) is 42.6 Å². The molecule has 0 unspecified atom stereocenters. The molecule has 2 aromatic carbocycles. The third kappa shape index (κ3) is 6.13. The molecule has 0 spiro atoms. The Balaban J connectivity index is 1.66. The molecule has 35 heavy (non-hydrogen) atoms. The van der Waals surface area contributed by atoms with Crippen LogP contribution in [0, 0.1) is 5.82 Å². The van der Waals surface area contributed by atoms with E-state index in [-0.39, 0.29) is 5.82 Å². The number of carbonyl (C=O) groups is 1. The first-order valence-corrected chi connectivity index (χ1v) is 11.4. The van der Waals surface area contributed by atoms with Crippen LogP contribution in [0.25, 0.3) is 11.3 Å². The molecule has 0 atom stereocenters. The highest BCUT2D eigenvalue weighted by atomic mass is 35.5. The van der Waals surface area contributed by atoms with Crippen molar-refractivity contribution in [1.82, 2.24) is 9.97 Å². The van der Waals surface area contributed by atoms with Gasteiger partial charge < -0.3 is 15.0 Å². The van der Waals surface area contributed by atoms with Gasteiger partial charge in [-0.15, -0.1) is 0 Å². The van der Waals surface area contributed by atoms with Gasteiger partial charge in [0.05, 0.1) is 30.1 Å². The molecule has 8 heteroatoms. The lowest BCUT2D eigenvalue weighted by atomic mass is 10.1. The summed E-state index contributed by atoms with van der Waals surface area (Å²) in [5.74, 6) is 0.885. The quantitative estimate of drug-likeness (QED) is 0.286. The fourth-order valence-electron chi connectivity index (χ4n) is 3.68. The van der Waals surface area contributed by atoms with Crippen molar-refractivity contribution in [3.63, 3.8) is 0 Å². The maximum Gasteiger partial charge on any atom is 0.214 e. The van der Waals surface area contributed by atoms with Crippen LogP contribution in [0.2, 0.25) is 5.02 Å². The van der Waals surface area contributed by atoms with E-state index in [1.807, 2.05) is 36.4 Å². The molecule has 0 fully saturated rings. The van der Waals surface area contributed by atoms with Gasteiger partial charge in [-0.3, -0.25) is 9.78 Å². The van der Waals surface area contributed by atoms with Gasteiger partial charge in [0.2, 0.25) is 6.41 Å². The van der Waals surface area contributed by atoms with E-state index in [0.29, 0.717) is 53.0 Å². The minimum Gasteiger partial charge on any atom is -0.497 e. The van der Waals surface area contributed by atoms with Gasteiger partial charge in [-0.05, 0) is 66.1 Å². The number of nitrogens with zero attached hydrogens (tertiary/aromatic N) is 3. The summed E-state index contributed by atoms with van der Waals surface area (Å²) in [4.78, 5) is 22.5. The van der Waals surface area contributed by atoms with Crippen LogP contribution in [0.15, 0.2) is 79.1 Å². The molecule has 1 N–H and O–H groups in total. The SMILES string of the molecule is COc1ccc(Cl)c(-c2ccc(N(C=O)Cc3cccnc3)c(NCCc3cccc(F)c3)n2)c1. The van der Waals surface area contributed by atoms with Gasteiger partial charge >= 0.3 is 0 Å². The summed E-state index contributed by atoms with van der Waals surface area (Å²) in [6.07, 6.45) is 4.74. The summed E-state index contributed by atoms with van der Waals surface area (Å²) in [6, 6.07) is 19.2. The Bertz CT molecular complexity index is 1300. The van der Waals surface area contributed by atoms with Crippen molar-refractivity contribution in [2.45, 2.75) is 13.0 Å². The predicted octanol–water partition coefficient (Wildman–Crippen LogP) is 5.76. The first kappa shape index (κ1) is 24.2. The van der Waals surface area contributed by atoms with Crippen molar-refractivity contribution in [3.05, 3.63) is 101 Å². The summed E-state index contributed by atoms with van der Waals surface area (Å²) in [5, 5.41) is 3.84. The highest BCUT2D eigenvalue weighted by Crippen LogP contribution is 2.34. The number of halogens is 2. The van der Waals surface area contributed by atoms with E-state index >= 15 is 0 Å². The molecule has 0 saturated heterocycles. The van der Waals surface area contributed by atoms with E-state index in [2.05, 4.69) is 10.3 Å². The number of ether oxygens (including phenoxy) is 1. The summed E-state index contributed by atoms with van der Waals surface area (Å²) < 4.78 is 18.9. The van der Waals surface area contributed by atoms with Crippen molar-refractivity contribution >= 4 is 29.5 Å². The van der Waals surface area contributed by atoms with Gasteiger partial charge in [-0.1, -0.05) is 29.8 Å². The van der Waals surface area contributed by atoms with E-state index in [4.69, 9.17) is 21.3 Å². The van der Waals surface area contributed by atoms with Crippen LogP contribution >= 0.6 is 11.6 Å². The van der Waals surface area contributed by atoms with Crippen LogP contribution in [-0.4, -0.2) is 30.0 Å². The zero-order valence-electron chi connectivity index (χ0n) is 19.1. The molecule has 4 aromatic rings. The molecular formula is C27H24ClFN4O2. The number of pyridine rings is 2. The maximum atomic E-state index is 13.6. The van der Waals surface area contributed by atoms with Gasteiger partial charge in [0, 0.05) is 24.5 Å². The minimum atomic E-state index is -0.278. The van der Waals surface area contributed by atoms with Crippen molar-refractivity contribution in [2.24, 2.45) is 0 Å². The zero-order valence-corrected chi connectivity index (χ0v) is 19.9. The van der Waals surface area contributed by atoms with E-state index in [9.17, 15) is 9.18 Å². The summed E-state index contributed by atoms with van der Waals surface area (Å²) in [7, 11) is 1.59. The summed E-state index contributed by atoms with van der Waals surface area (Å²) in [6.45, 7) is 0.815. The molecule has 178 valence electrons. The highest BCUT2D eigenvalue weighted by molar-refractivity contribution is 6.33. The van der Waals surface area contributed by atoms with Crippen molar-refractivity contribution in [3.8, 4) is 17.0 Å². The smallest absolute Gasteiger partial charge is 0.214 e. The first-order chi connectivity index (χ1) is 17.1. The van der Waals surface area contributed by atoms with Gasteiger partial charge in [-0.25, -0.2) is 9.37 Å². The van der Waals surface area contributed by atoms with Gasteiger partial charge in [0.1, 0.15) is 11.6 Å². The van der Waals surface area contributed by atoms with Crippen LogP contribution in [0.4, 0.5) is 15.9 Å². The third-order valence-corrected chi connectivity index (χ3v) is 5.76. The monoisotopic (exact) mass is 490 g/mol. The molecular weight excluding hydrogens is 467 g/mol. The zero-order chi connectivity index (χ0) is 24.6. The van der Waals surface area contributed by atoms with E-state index < -0.39 is 0 Å².